The molecule has 24 heavy (non-hydrogen) atoms. The number of halogens is 1. The van der Waals surface area contributed by atoms with Gasteiger partial charge in [-0.2, -0.15) is 0 Å². The lowest BCUT2D eigenvalue weighted by atomic mass is 9.93. The van der Waals surface area contributed by atoms with Crippen LogP contribution in [-0.2, 0) is 16.0 Å². The van der Waals surface area contributed by atoms with Crippen LogP contribution in [0.3, 0.4) is 0 Å². The molecule has 4 amide bonds. The number of urea groups is 1. The molecule has 2 aliphatic rings. The van der Waals surface area contributed by atoms with E-state index in [2.05, 4.69) is 0 Å². The molecule has 0 spiro atoms. The van der Waals surface area contributed by atoms with E-state index in [1.807, 2.05) is 12.1 Å². The van der Waals surface area contributed by atoms with Crippen LogP contribution in [0.15, 0.2) is 24.3 Å². The van der Waals surface area contributed by atoms with Crippen molar-refractivity contribution in [3.8, 4) is 0 Å². The van der Waals surface area contributed by atoms with E-state index in [-0.39, 0.29) is 24.9 Å². The zero-order valence-corrected chi connectivity index (χ0v) is 14.3. The summed E-state index contributed by atoms with van der Waals surface area (Å²) >= 11 is 5.87. The van der Waals surface area contributed by atoms with Crippen LogP contribution in [0.25, 0.3) is 0 Å². The molecule has 0 aromatic heterocycles. The van der Waals surface area contributed by atoms with Crippen LogP contribution in [0.5, 0.6) is 0 Å². The van der Waals surface area contributed by atoms with Crippen molar-refractivity contribution in [2.24, 2.45) is 0 Å². The maximum Gasteiger partial charge on any atom is 0.333 e. The summed E-state index contributed by atoms with van der Waals surface area (Å²) in [5.74, 6) is -0.745. The fraction of sp³-hybridized carbons (Fsp3) is 0.500. The highest BCUT2D eigenvalue weighted by molar-refractivity contribution is 6.30. The van der Waals surface area contributed by atoms with Gasteiger partial charge in [-0.05, 0) is 37.0 Å². The Hall–Kier alpha value is -1.88. The number of hydrogen-bond acceptors (Lipinski definition) is 3. The van der Waals surface area contributed by atoms with E-state index in [0.717, 1.165) is 37.7 Å². The highest BCUT2D eigenvalue weighted by Gasteiger charge is 2.41. The first-order valence-electron chi connectivity index (χ1n) is 8.47. The van der Waals surface area contributed by atoms with Crippen molar-refractivity contribution in [2.45, 2.75) is 51.0 Å². The summed E-state index contributed by atoms with van der Waals surface area (Å²) < 4.78 is 0. The average Bonchev–Trinajstić information content (AvgIpc) is 2.57. The van der Waals surface area contributed by atoms with E-state index in [9.17, 15) is 14.4 Å². The molecule has 128 valence electrons. The summed E-state index contributed by atoms with van der Waals surface area (Å²) in [4.78, 5) is 39.6. The Bertz CT molecular complexity index is 638. The monoisotopic (exact) mass is 348 g/mol. The minimum atomic E-state index is -0.447. The molecule has 0 unspecified atom stereocenters. The summed E-state index contributed by atoms with van der Waals surface area (Å²) in [6, 6.07) is 6.83. The molecule has 1 saturated carbocycles. The van der Waals surface area contributed by atoms with Crippen molar-refractivity contribution in [3.63, 3.8) is 0 Å². The number of imide groups is 2. The van der Waals surface area contributed by atoms with Crippen molar-refractivity contribution >= 4 is 29.4 Å². The standard InChI is InChI=1S/C18H21ClN2O3/c19-14-8-6-13(7-9-14)10-11-20-16(22)12-17(23)21(18(20)24)15-4-2-1-3-5-15/h6-9,15H,1-5,10-12H2. The Labute approximate surface area is 146 Å². The van der Waals surface area contributed by atoms with E-state index in [0.29, 0.717) is 11.4 Å². The second-order valence-corrected chi connectivity index (χ2v) is 6.87. The van der Waals surface area contributed by atoms with E-state index in [4.69, 9.17) is 11.6 Å². The largest absolute Gasteiger partial charge is 0.333 e. The SMILES string of the molecule is O=C1CC(=O)N(C2CCCCC2)C(=O)N1CCc1ccc(Cl)cc1. The molecule has 1 aliphatic heterocycles. The number of nitrogens with zero attached hydrogens (tertiary/aromatic N) is 2. The van der Waals surface area contributed by atoms with Crippen LogP contribution in [0.1, 0.15) is 44.1 Å². The Kier molecular flexibility index (Phi) is 5.19. The number of barbiturate groups is 1. The van der Waals surface area contributed by atoms with Gasteiger partial charge in [0.2, 0.25) is 11.8 Å². The highest BCUT2D eigenvalue weighted by Crippen LogP contribution is 2.26. The number of carbonyl (C=O) groups excluding carboxylic acids is 3. The first kappa shape index (κ1) is 17.0. The third kappa shape index (κ3) is 3.61. The van der Waals surface area contributed by atoms with Crippen LogP contribution in [0.2, 0.25) is 5.02 Å². The lowest BCUT2D eigenvalue weighted by Gasteiger charge is -2.39. The van der Waals surface area contributed by atoms with E-state index in [1.54, 1.807) is 12.1 Å². The number of hydrogen-bond donors (Lipinski definition) is 0. The van der Waals surface area contributed by atoms with Gasteiger partial charge in [-0.15, -0.1) is 0 Å². The van der Waals surface area contributed by atoms with Crippen molar-refractivity contribution in [1.82, 2.24) is 9.80 Å². The zero-order valence-electron chi connectivity index (χ0n) is 13.5. The maximum absolute atomic E-state index is 12.7. The van der Waals surface area contributed by atoms with Crippen LogP contribution in [0, 0.1) is 0 Å². The number of amides is 4. The molecule has 1 aromatic carbocycles. The Balaban J connectivity index is 1.69. The minimum Gasteiger partial charge on any atom is -0.274 e. The first-order chi connectivity index (χ1) is 11.6. The Morgan fingerprint density at radius 3 is 2.29 bits per heavy atom. The first-order valence-corrected chi connectivity index (χ1v) is 8.85. The zero-order chi connectivity index (χ0) is 17.1. The third-order valence-corrected chi connectivity index (χ3v) is 5.04. The highest BCUT2D eigenvalue weighted by atomic mass is 35.5. The molecule has 1 saturated heterocycles. The van der Waals surface area contributed by atoms with Crippen LogP contribution in [-0.4, -0.2) is 40.2 Å². The predicted molar refractivity (Wildman–Crippen MR) is 90.6 cm³/mol. The topological polar surface area (TPSA) is 57.7 Å². The van der Waals surface area contributed by atoms with Gasteiger partial charge < -0.3 is 0 Å². The number of carbonyl (C=O) groups is 3. The fourth-order valence-corrected chi connectivity index (χ4v) is 3.59. The van der Waals surface area contributed by atoms with E-state index >= 15 is 0 Å². The summed E-state index contributed by atoms with van der Waals surface area (Å²) in [5.41, 5.74) is 1.00. The molecule has 0 atom stereocenters. The van der Waals surface area contributed by atoms with Gasteiger partial charge in [-0.25, -0.2) is 4.79 Å². The quantitative estimate of drug-likeness (QED) is 0.783. The van der Waals surface area contributed by atoms with E-state index < -0.39 is 11.9 Å². The molecule has 0 bridgehead atoms. The summed E-state index contributed by atoms with van der Waals surface area (Å²) in [7, 11) is 0. The lowest BCUT2D eigenvalue weighted by Crippen LogP contribution is -2.58. The van der Waals surface area contributed by atoms with Gasteiger partial charge in [-0.1, -0.05) is 43.0 Å². The number of rotatable bonds is 4. The summed E-state index contributed by atoms with van der Waals surface area (Å²) in [5, 5.41) is 0.651. The summed E-state index contributed by atoms with van der Waals surface area (Å²) in [6.45, 7) is 0.287. The fourth-order valence-electron chi connectivity index (χ4n) is 3.46. The van der Waals surface area contributed by atoms with Gasteiger partial charge in [0.25, 0.3) is 0 Å². The van der Waals surface area contributed by atoms with Crippen molar-refractivity contribution in [1.29, 1.82) is 0 Å². The molecule has 6 heteroatoms. The second-order valence-electron chi connectivity index (χ2n) is 6.44. The van der Waals surface area contributed by atoms with Gasteiger partial charge >= 0.3 is 6.03 Å². The van der Waals surface area contributed by atoms with Crippen LogP contribution >= 0.6 is 11.6 Å². The molecule has 0 radical (unpaired) electrons. The second kappa shape index (κ2) is 7.34. The van der Waals surface area contributed by atoms with Crippen LogP contribution < -0.4 is 0 Å². The molecule has 1 aromatic rings. The van der Waals surface area contributed by atoms with Crippen molar-refractivity contribution in [3.05, 3.63) is 34.9 Å². The molecule has 2 fully saturated rings. The normalized spacial score (nSPS) is 20.0. The molecule has 1 aliphatic carbocycles. The molecular weight excluding hydrogens is 328 g/mol. The smallest absolute Gasteiger partial charge is 0.274 e. The van der Waals surface area contributed by atoms with Gasteiger partial charge in [0.1, 0.15) is 6.42 Å². The van der Waals surface area contributed by atoms with Crippen molar-refractivity contribution in [2.75, 3.05) is 6.54 Å². The average molecular weight is 349 g/mol. The molecule has 3 rings (SSSR count). The Morgan fingerprint density at radius 2 is 1.62 bits per heavy atom. The van der Waals surface area contributed by atoms with E-state index in [1.165, 1.54) is 9.80 Å². The third-order valence-electron chi connectivity index (χ3n) is 4.79. The molecule has 5 nitrogen and oxygen atoms in total. The molecule has 1 heterocycles. The Morgan fingerprint density at radius 1 is 0.958 bits per heavy atom. The van der Waals surface area contributed by atoms with Gasteiger partial charge in [0.15, 0.2) is 0 Å². The van der Waals surface area contributed by atoms with Gasteiger partial charge in [-0.3, -0.25) is 19.4 Å². The molecule has 0 N–H and O–H groups in total. The minimum absolute atomic E-state index is 0.0510. The lowest BCUT2D eigenvalue weighted by molar-refractivity contribution is -0.144. The predicted octanol–water partition coefficient (Wildman–Crippen LogP) is 3.40. The molecular formula is C18H21ClN2O3. The van der Waals surface area contributed by atoms with Gasteiger partial charge in [0.05, 0.1) is 0 Å². The maximum atomic E-state index is 12.7. The van der Waals surface area contributed by atoms with Crippen LogP contribution in [0.4, 0.5) is 4.79 Å². The van der Waals surface area contributed by atoms with Crippen molar-refractivity contribution < 1.29 is 14.4 Å². The number of benzene rings is 1. The van der Waals surface area contributed by atoms with Gasteiger partial charge in [0, 0.05) is 17.6 Å². The summed E-state index contributed by atoms with van der Waals surface area (Å²) in [6.07, 6.45) is 5.24.